The average Bonchev–Trinajstić information content (AvgIpc) is 2.82. The number of aryl methyl sites for hydroxylation is 1. The van der Waals surface area contributed by atoms with Crippen LogP contribution in [0, 0.1) is 11.3 Å². The van der Waals surface area contributed by atoms with Crippen molar-refractivity contribution in [2.24, 2.45) is 25.4 Å². The number of esters is 1. The smallest absolute Gasteiger partial charge is 0.339 e. The molecule has 1 atom stereocenters. The van der Waals surface area contributed by atoms with Gasteiger partial charge >= 0.3 is 11.7 Å². The molecule has 2 heterocycles. The van der Waals surface area contributed by atoms with Crippen molar-refractivity contribution in [3.8, 4) is 0 Å². The van der Waals surface area contributed by atoms with E-state index in [1.165, 1.54) is 14.1 Å². The Balaban J connectivity index is 1.71. The maximum atomic E-state index is 13.4. The summed E-state index contributed by atoms with van der Waals surface area (Å²) in [7, 11) is 2.62. The number of Topliss-reactive ketones (excluding diaryl/α,β-unsaturated/α-hetero) is 1. The van der Waals surface area contributed by atoms with Gasteiger partial charge < -0.3 is 10.5 Å². The summed E-state index contributed by atoms with van der Waals surface area (Å²) in [5.41, 5.74) is 6.90. The Labute approximate surface area is 202 Å². The molecule has 1 aliphatic carbocycles. The molecule has 35 heavy (non-hydrogen) atoms. The Bertz CT molecular complexity index is 1480. The van der Waals surface area contributed by atoms with Crippen LogP contribution in [0.15, 0.2) is 33.9 Å². The highest BCUT2D eigenvalue weighted by molar-refractivity contribution is 6.07. The fourth-order valence-electron chi connectivity index (χ4n) is 4.76. The molecule has 9 heteroatoms. The zero-order valence-corrected chi connectivity index (χ0v) is 20.7. The van der Waals surface area contributed by atoms with Crippen LogP contribution in [0.2, 0.25) is 0 Å². The van der Waals surface area contributed by atoms with E-state index in [9.17, 15) is 19.2 Å². The highest BCUT2D eigenvalue weighted by Gasteiger charge is 2.33. The summed E-state index contributed by atoms with van der Waals surface area (Å²) in [4.78, 5) is 55.6. The molecule has 1 aromatic carbocycles. The van der Waals surface area contributed by atoms with Gasteiger partial charge in [-0.25, -0.2) is 9.59 Å². The van der Waals surface area contributed by atoms with E-state index in [1.54, 1.807) is 0 Å². The third kappa shape index (κ3) is 4.26. The maximum Gasteiger partial charge on any atom is 0.339 e. The van der Waals surface area contributed by atoms with E-state index >= 15 is 0 Å². The zero-order valence-electron chi connectivity index (χ0n) is 20.7. The van der Waals surface area contributed by atoms with Crippen LogP contribution in [0.5, 0.6) is 0 Å². The Morgan fingerprint density at radius 1 is 1.11 bits per heavy atom. The summed E-state index contributed by atoms with van der Waals surface area (Å²) in [6.07, 6.45) is 2.42. The topological polar surface area (TPSA) is 126 Å². The number of carbonyl (C=O) groups excluding carboxylic acids is 2. The number of ketones is 1. The van der Waals surface area contributed by atoms with Crippen LogP contribution >= 0.6 is 0 Å². The predicted octanol–water partition coefficient (Wildman–Crippen LogP) is 2.41. The summed E-state index contributed by atoms with van der Waals surface area (Å²) in [5, 5.41) is 0.663. The molecule has 0 saturated carbocycles. The van der Waals surface area contributed by atoms with Gasteiger partial charge in [0.05, 0.1) is 11.1 Å². The van der Waals surface area contributed by atoms with E-state index in [1.807, 2.05) is 24.3 Å². The number of nitrogens with two attached hydrogens (primary N) is 1. The van der Waals surface area contributed by atoms with Crippen LogP contribution < -0.4 is 17.0 Å². The van der Waals surface area contributed by atoms with Crippen molar-refractivity contribution in [3.05, 3.63) is 67.5 Å². The molecule has 0 spiro atoms. The van der Waals surface area contributed by atoms with Crippen LogP contribution in [0.1, 0.15) is 59.2 Å². The van der Waals surface area contributed by atoms with Crippen LogP contribution in [0.25, 0.3) is 10.9 Å². The van der Waals surface area contributed by atoms with Crippen molar-refractivity contribution >= 4 is 28.5 Å². The van der Waals surface area contributed by atoms with Crippen LogP contribution in [-0.4, -0.2) is 32.5 Å². The average molecular weight is 479 g/mol. The number of carbonyl (C=O) groups is 2. The van der Waals surface area contributed by atoms with E-state index in [0.29, 0.717) is 28.8 Å². The van der Waals surface area contributed by atoms with Gasteiger partial charge in [-0.05, 0) is 42.2 Å². The molecule has 2 aromatic heterocycles. The third-order valence-electron chi connectivity index (χ3n) is 7.01. The highest BCUT2D eigenvalue weighted by atomic mass is 16.5. The summed E-state index contributed by atoms with van der Waals surface area (Å²) >= 11 is 0. The lowest BCUT2D eigenvalue weighted by Crippen LogP contribution is -2.42. The van der Waals surface area contributed by atoms with Gasteiger partial charge in [-0.2, -0.15) is 0 Å². The molecule has 184 valence electrons. The number of benzene rings is 1. The van der Waals surface area contributed by atoms with Gasteiger partial charge in [0, 0.05) is 25.2 Å². The molecule has 0 aliphatic heterocycles. The molecule has 0 radical (unpaired) electrons. The number of ether oxygens (including phenoxy) is 1. The molecule has 4 rings (SSSR count). The minimum atomic E-state index is -0.827. The first-order chi connectivity index (χ1) is 16.4. The maximum absolute atomic E-state index is 13.4. The number of anilines is 1. The molecule has 3 aromatic rings. The van der Waals surface area contributed by atoms with Gasteiger partial charge in [-0.1, -0.05) is 39.0 Å². The number of para-hydroxylation sites is 1. The second-order valence-electron chi connectivity index (χ2n) is 10.2. The number of fused-ring (bicyclic) bond motifs is 2. The number of aromatic nitrogens is 3. The normalized spacial score (nSPS) is 15.6. The van der Waals surface area contributed by atoms with E-state index in [2.05, 4.69) is 20.8 Å². The van der Waals surface area contributed by atoms with Crippen molar-refractivity contribution in [2.75, 3.05) is 12.3 Å². The van der Waals surface area contributed by atoms with Crippen molar-refractivity contribution in [2.45, 2.75) is 40.0 Å². The lowest BCUT2D eigenvalue weighted by atomic mass is 9.70. The molecule has 0 amide bonds. The number of nitrogens with zero attached hydrogens (tertiary/aromatic N) is 3. The number of hydrogen-bond donors (Lipinski definition) is 1. The van der Waals surface area contributed by atoms with E-state index < -0.39 is 29.6 Å². The minimum Gasteiger partial charge on any atom is -0.454 e. The van der Waals surface area contributed by atoms with E-state index in [-0.39, 0.29) is 16.8 Å². The van der Waals surface area contributed by atoms with Crippen molar-refractivity contribution in [3.63, 3.8) is 0 Å². The second kappa shape index (κ2) is 8.79. The number of hydrogen-bond acceptors (Lipinski definition) is 7. The molecule has 9 nitrogen and oxygen atoms in total. The van der Waals surface area contributed by atoms with Crippen LogP contribution in [0.3, 0.4) is 0 Å². The molecular formula is C26H30N4O5. The Morgan fingerprint density at radius 3 is 2.49 bits per heavy atom. The first-order valence-corrected chi connectivity index (χ1v) is 11.6. The molecule has 0 unspecified atom stereocenters. The Morgan fingerprint density at radius 2 is 1.80 bits per heavy atom. The SMILES string of the molecule is Cn1c(N)c(C(=O)COC(=O)c2c3c(nc4ccccc24)CC[C@@H](C(C)(C)C)C3)c(=O)n(C)c1=O. The second-order valence-corrected chi connectivity index (χ2v) is 10.2. The van der Waals surface area contributed by atoms with E-state index in [0.717, 1.165) is 33.2 Å². The lowest BCUT2D eigenvalue weighted by molar-refractivity contribution is 0.0473. The molecule has 0 bridgehead atoms. The molecule has 1 aliphatic rings. The van der Waals surface area contributed by atoms with Gasteiger partial charge in [0.2, 0.25) is 5.78 Å². The molecule has 0 fully saturated rings. The van der Waals surface area contributed by atoms with Gasteiger partial charge in [0.1, 0.15) is 11.4 Å². The monoisotopic (exact) mass is 478 g/mol. The van der Waals surface area contributed by atoms with Gasteiger partial charge in [0.25, 0.3) is 5.56 Å². The summed E-state index contributed by atoms with van der Waals surface area (Å²) in [5.74, 6) is -1.33. The fraction of sp³-hybridized carbons (Fsp3) is 0.423. The van der Waals surface area contributed by atoms with Gasteiger partial charge in [-0.15, -0.1) is 0 Å². The fourth-order valence-corrected chi connectivity index (χ4v) is 4.76. The number of rotatable bonds is 4. The zero-order chi connectivity index (χ0) is 25.7. The molecular weight excluding hydrogens is 448 g/mol. The summed E-state index contributed by atoms with van der Waals surface area (Å²) in [6.45, 7) is 5.88. The Hall–Kier alpha value is -3.75. The first-order valence-electron chi connectivity index (χ1n) is 11.6. The van der Waals surface area contributed by atoms with Crippen molar-refractivity contribution < 1.29 is 14.3 Å². The minimum absolute atomic E-state index is 0.0569. The van der Waals surface area contributed by atoms with E-state index in [4.69, 9.17) is 15.5 Å². The predicted molar refractivity (Wildman–Crippen MR) is 133 cm³/mol. The largest absolute Gasteiger partial charge is 0.454 e. The van der Waals surface area contributed by atoms with Gasteiger partial charge in [-0.3, -0.25) is 23.7 Å². The highest BCUT2D eigenvalue weighted by Crippen LogP contribution is 2.39. The number of pyridine rings is 1. The molecule has 0 saturated heterocycles. The first kappa shape index (κ1) is 24.4. The van der Waals surface area contributed by atoms with Crippen LogP contribution in [0.4, 0.5) is 5.82 Å². The molecule has 2 N–H and O–H groups in total. The lowest BCUT2D eigenvalue weighted by Gasteiger charge is -2.35. The number of nitrogen functional groups attached to an aromatic ring is 1. The standard InChI is InChI=1S/C26H30N4O5/c1-26(2,3)14-10-11-18-16(12-14)20(15-8-6-7-9-17(15)28-18)24(33)35-13-19(31)21-22(27)29(4)25(34)30(5)23(21)32/h6-9,14H,10-13,27H2,1-5H3/t14-/m1/s1. The van der Waals surface area contributed by atoms with Gasteiger partial charge in [0.15, 0.2) is 6.61 Å². The Kier molecular flexibility index (Phi) is 6.12. The van der Waals surface area contributed by atoms with Crippen molar-refractivity contribution in [1.29, 1.82) is 0 Å². The third-order valence-corrected chi connectivity index (χ3v) is 7.01. The van der Waals surface area contributed by atoms with Crippen molar-refractivity contribution in [1.82, 2.24) is 14.1 Å². The summed E-state index contributed by atoms with van der Waals surface area (Å²) in [6, 6.07) is 7.36. The summed E-state index contributed by atoms with van der Waals surface area (Å²) < 4.78 is 7.26. The quantitative estimate of drug-likeness (QED) is 0.451. The van der Waals surface area contributed by atoms with Crippen LogP contribution in [-0.2, 0) is 31.7 Å².